The van der Waals surface area contributed by atoms with Crippen LogP contribution in [0, 0.1) is 0 Å². The van der Waals surface area contributed by atoms with Crippen LogP contribution in [0.3, 0.4) is 0 Å². The minimum Gasteiger partial charge on any atom is -0.455 e. The van der Waals surface area contributed by atoms with Crippen molar-refractivity contribution in [3.05, 3.63) is 224 Å². The van der Waals surface area contributed by atoms with Crippen molar-refractivity contribution in [1.82, 2.24) is 0 Å². The van der Waals surface area contributed by atoms with Crippen molar-refractivity contribution in [2.45, 2.75) is 0 Å². The molecule has 0 radical (unpaired) electrons. The molecule has 0 aliphatic rings. The van der Waals surface area contributed by atoms with Crippen molar-refractivity contribution in [3.63, 3.8) is 0 Å². The first-order valence-corrected chi connectivity index (χ1v) is 19.1. The molecule has 0 atom stereocenters. The summed E-state index contributed by atoms with van der Waals surface area (Å²) in [5, 5.41) is 2.29. The second-order valence-electron chi connectivity index (χ2n) is 14.2. The molecule has 264 valence electrons. The molecule has 0 saturated heterocycles. The van der Waals surface area contributed by atoms with Crippen LogP contribution < -0.4 is 4.90 Å². The molecule has 10 aromatic rings. The summed E-state index contributed by atoms with van der Waals surface area (Å²) in [5.74, 6) is 0. The van der Waals surface area contributed by atoms with E-state index >= 15 is 0 Å². The molecule has 2 nitrogen and oxygen atoms in total. The van der Waals surface area contributed by atoms with Gasteiger partial charge in [0.1, 0.15) is 11.2 Å². The number of fused-ring (bicyclic) bond motifs is 3. The minimum atomic E-state index is 0.914. The maximum Gasteiger partial charge on any atom is 0.143 e. The standard InChI is InChI=1S/C54H37NO/c1-3-12-38(13-4-1)41-28-32-47(33-29-41)55(49-19-10-17-45(37-49)39-14-5-2-6-15-39)48-34-30-42(31-35-48)40-24-26-43(27-25-40)44-16-9-18-46(36-44)50-21-11-22-52-51-20-7-8-23-53(51)56-54(50)52/h1-37H. The highest BCUT2D eigenvalue weighted by molar-refractivity contribution is 6.09. The molecule has 1 aromatic heterocycles. The van der Waals surface area contributed by atoms with Gasteiger partial charge in [0.05, 0.1) is 0 Å². The van der Waals surface area contributed by atoms with Crippen molar-refractivity contribution in [2.75, 3.05) is 4.90 Å². The molecule has 0 aliphatic heterocycles. The quantitative estimate of drug-likeness (QED) is 0.156. The number of nitrogens with zero attached hydrogens (tertiary/aromatic N) is 1. The van der Waals surface area contributed by atoms with Crippen LogP contribution in [0.2, 0.25) is 0 Å². The van der Waals surface area contributed by atoms with Crippen LogP contribution in [0.4, 0.5) is 17.1 Å². The lowest BCUT2D eigenvalue weighted by molar-refractivity contribution is 0.670. The molecule has 0 bridgehead atoms. The Morgan fingerprint density at radius 1 is 0.268 bits per heavy atom. The van der Waals surface area contributed by atoms with Crippen molar-refractivity contribution < 1.29 is 4.42 Å². The lowest BCUT2D eigenvalue weighted by Gasteiger charge is -2.26. The average Bonchev–Trinajstić information content (AvgIpc) is 3.67. The monoisotopic (exact) mass is 715 g/mol. The summed E-state index contributed by atoms with van der Waals surface area (Å²) in [6.07, 6.45) is 0. The Hall–Kier alpha value is -7.42. The summed E-state index contributed by atoms with van der Waals surface area (Å²) in [5.41, 5.74) is 16.9. The average molecular weight is 716 g/mol. The summed E-state index contributed by atoms with van der Waals surface area (Å²) in [6.45, 7) is 0. The molecule has 56 heavy (non-hydrogen) atoms. The molecule has 0 saturated carbocycles. The second kappa shape index (κ2) is 14.4. The van der Waals surface area contributed by atoms with Gasteiger partial charge in [-0.25, -0.2) is 0 Å². The third-order valence-corrected chi connectivity index (χ3v) is 10.7. The molecule has 2 heteroatoms. The Labute approximate surface area is 327 Å². The number of hydrogen-bond acceptors (Lipinski definition) is 2. The summed E-state index contributed by atoms with van der Waals surface area (Å²) in [7, 11) is 0. The fourth-order valence-corrected chi connectivity index (χ4v) is 7.83. The second-order valence-corrected chi connectivity index (χ2v) is 14.2. The van der Waals surface area contributed by atoms with E-state index in [0.29, 0.717) is 0 Å². The van der Waals surface area contributed by atoms with Crippen LogP contribution in [-0.4, -0.2) is 0 Å². The highest BCUT2D eigenvalue weighted by Crippen LogP contribution is 2.40. The first-order chi connectivity index (χ1) is 27.7. The lowest BCUT2D eigenvalue weighted by atomic mass is 9.96. The van der Waals surface area contributed by atoms with Crippen molar-refractivity contribution >= 4 is 39.0 Å². The van der Waals surface area contributed by atoms with E-state index in [1.807, 2.05) is 12.1 Å². The minimum absolute atomic E-state index is 0.914. The molecule has 10 rings (SSSR count). The van der Waals surface area contributed by atoms with E-state index in [1.54, 1.807) is 0 Å². The van der Waals surface area contributed by atoms with Gasteiger partial charge in [0.15, 0.2) is 0 Å². The topological polar surface area (TPSA) is 16.4 Å². The van der Waals surface area contributed by atoms with Gasteiger partial charge in [0, 0.05) is 33.4 Å². The Morgan fingerprint density at radius 2 is 0.696 bits per heavy atom. The fourth-order valence-electron chi connectivity index (χ4n) is 7.83. The molecular weight excluding hydrogens is 679 g/mol. The smallest absolute Gasteiger partial charge is 0.143 e. The largest absolute Gasteiger partial charge is 0.455 e. The van der Waals surface area contributed by atoms with E-state index in [4.69, 9.17) is 4.42 Å². The SMILES string of the molecule is c1ccc(-c2ccc(N(c3ccc(-c4ccc(-c5cccc(-c6cccc7c6oc6ccccc67)c5)cc4)cc3)c3cccc(-c4ccccc4)c3)cc2)cc1. The van der Waals surface area contributed by atoms with Gasteiger partial charge >= 0.3 is 0 Å². The maximum absolute atomic E-state index is 6.36. The van der Waals surface area contributed by atoms with E-state index in [0.717, 1.165) is 50.1 Å². The van der Waals surface area contributed by atoms with E-state index in [9.17, 15) is 0 Å². The van der Waals surface area contributed by atoms with E-state index < -0.39 is 0 Å². The third kappa shape index (κ3) is 6.34. The number of para-hydroxylation sites is 2. The molecule has 9 aromatic carbocycles. The number of benzene rings is 9. The number of anilines is 3. The normalized spacial score (nSPS) is 11.2. The van der Waals surface area contributed by atoms with Gasteiger partial charge in [-0.05, 0) is 98.6 Å². The zero-order valence-corrected chi connectivity index (χ0v) is 30.7. The fraction of sp³-hybridized carbons (Fsp3) is 0. The van der Waals surface area contributed by atoms with Gasteiger partial charge in [-0.3, -0.25) is 0 Å². The molecule has 1 heterocycles. The van der Waals surface area contributed by atoms with Crippen LogP contribution in [-0.2, 0) is 0 Å². The molecule has 0 aliphatic carbocycles. The van der Waals surface area contributed by atoms with Crippen molar-refractivity contribution in [1.29, 1.82) is 0 Å². The maximum atomic E-state index is 6.36. The number of hydrogen-bond donors (Lipinski definition) is 0. The summed E-state index contributed by atoms with van der Waals surface area (Å²) >= 11 is 0. The van der Waals surface area contributed by atoms with Crippen LogP contribution in [0.25, 0.3) is 77.6 Å². The molecular formula is C54H37NO. The van der Waals surface area contributed by atoms with Crippen molar-refractivity contribution in [2.24, 2.45) is 0 Å². The zero-order chi connectivity index (χ0) is 37.3. The summed E-state index contributed by atoms with van der Waals surface area (Å²) in [4.78, 5) is 2.34. The Bertz CT molecular complexity index is 2930. The van der Waals surface area contributed by atoms with E-state index in [1.165, 1.54) is 44.5 Å². The van der Waals surface area contributed by atoms with E-state index in [-0.39, 0.29) is 0 Å². The van der Waals surface area contributed by atoms with Crippen LogP contribution in [0.5, 0.6) is 0 Å². The third-order valence-electron chi connectivity index (χ3n) is 10.7. The predicted octanol–water partition coefficient (Wildman–Crippen LogP) is 15.4. The molecule has 0 unspecified atom stereocenters. The molecule has 0 fully saturated rings. The van der Waals surface area contributed by atoms with Crippen LogP contribution >= 0.6 is 0 Å². The first kappa shape index (κ1) is 33.2. The highest BCUT2D eigenvalue weighted by atomic mass is 16.3. The lowest BCUT2D eigenvalue weighted by Crippen LogP contribution is -2.10. The predicted molar refractivity (Wildman–Crippen MR) is 236 cm³/mol. The Morgan fingerprint density at radius 3 is 1.34 bits per heavy atom. The summed E-state index contributed by atoms with van der Waals surface area (Å²) in [6, 6.07) is 80.0. The van der Waals surface area contributed by atoms with Gasteiger partial charge in [-0.2, -0.15) is 0 Å². The molecule has 0 spiro atoms. The molecule has 0 amide bonds. The van der Waals surface area contributed by atoms with Gasteiger partial charge in [0.2, 0.25) is 0 Å². The van der Waals surface area contributed by atoms with E-state index in [2.05, 4.69) is 217 Å². The van der Waals surface area contributed by atoms with Gasteiger partial charge in [0.25, 0.3) is 0 Å². The zero-order valence-electron chi connectivity index (χ0n) is 30.7. The highest BCUT2D eigenvalue weighted by Gasteiger charge is 2.16. The summed E-state index contributed by atoms with van der Waals surface area (Å²) < 4.78 is 6.36. The van der Waals surface area contributed by atoms with Crippen molar-refractivity contribution in [3.8, 4) is 55.6 Å². The number of rotatable bonds is 8. The Balaban J connectivity index is 0.954. The van der Waals surface area contributed by atoms with Crippen LogP contribution in [0.15, 0.2) is 229 Å². The Kier molecular flexibility index (Phi) is 8.55. The first-order valence-electron chi connectivity index (χ1n) is 19.1. The number of furan rings is 1. The van der Waals surface area contributed by atoms with Gasteiger partial charge in [-0.1, -0.05) is 176 Å². The molecule has 0 N–H and O–H groups in total. The van der Waals surface area contributed by atoms with Gasteiger partial charge in [-0.15, -0.1) is 0 Å². The van der Waals surface area contributed by atoms with Gasteiger partial charge < -0.3 is 9.32 Å². The van der Waals surface area contributed by atoms with Crippen LogP contribution in [0.1, 0.15) is 0 Å².